The lowest BCUT2D eigenvalue weighted by Gasteiger charge is -2.38. The van der Waals surface area contributed by atoms with Crippen molar-refractivity contribution in [2.45, 2.75) is 52.4 Å². The highest BCUT2D eigenvalue weighted by Gasteiger charge is 2.42. The van der Waals surface area contributed by atoms with Crippen molar-refractivity contribution in [3.05, 3.63) is 46.7 Å². The second-order valence-corrected chi connectivity index (χ2v) is 9.51. The number of likely N-dealkylation sites (N-methyl/N-ethyl adjacent to an activating group) is 1. The lowest BCUT2D eigenvalue weighted by molar-refractivity contribution is -0.141. The van der Waals surface area contributed by atoms with Gasteiger partial charge in [0.1, 0.15) is 0 Å². The third kappa shape index (κ3) is 6.77. The molecule has 2 aliphatic heterocycles. The van der Waals surface area contributed by atoms with Crippen LogP contribution in [-0.4, -0.2) is 84.6 Å². The van der Waals surface area contributed by atoms with Crippen LogP contribution in [0.2, 0.25) is 0 Å². The molecular weight excluding hydrogens is 503 g/mol. The number of ether oxygens (including phenoxy) is 1. The molecule has 1 saturated heterocycles. The molecule has 38 heavy (non-hydrogen) atoms. The summed E-state index contributed by atoms with van der Waals surface area (Å²) in [5.41, 5.74) is -0.879. The SMILES string of the molecule is CCOC(=O)C1=C(CN2CCCN(C(=O)NC(C)C)CC2)N(CC)C(=O)N[C@@H]1c1ccccc1C(F)(F)F. The van der Waals surface area contributed by atoms with E-state index in [9.17, 15) is 27.6 Å². The number of rotatable bonds is 7. The molecule has 1 atom stereocenters. The number of benzene rings is 1. The van der Waals surface area contributed by atoms with Crippen LogP contribution in [0.1, 0.15) is 51.3 Å². The molecule has 3 rings (SSSR count). The molecule has 0 unspecified atom stereocenters. The van der Waals surface area contributed by atoms with Crippen LogP contribution in [0.5, 0.6) is 0 Å². The Morgan fingerprint density at radius 3 is 2.47 bits per heavy atom. The van der Waals surface area contributed by atoms with Crippen molar-refractivity contribution in [2.24, 2.45) is 0 Å². The molecule has 2 N–H and O–H groups in total. The summed E-state index contributed by atoms with van der Waals surface area (Å²) < 4.78 is 47.0. The molecule has 1 aromatic carbocycles. The zero-order valence-corrected chi connectivity index (χ0v) is 22.2. The number of nitrogens with zero attached hydrogens (tertiary/aromatic N) is 3. The summed E-state index contributed by atoms with van der Waals surface area (Å²) in [6.07, 6.45) is -4.03. The van der Waals surface area contributed by atoms with E-state index in [1.54, 1.807) is 18.7 Å². The van der Waals surface area contributed by atoms with Gasteiger partial charge in [-0.25, -0.2) is 14.4 Å². The average molecular weight is 540 g/mol. The summed E-state index contributed by atoms with van der Waals surface area (Å²) in [6, 6.07) is 2.81. The van der Waals surface area contributed by atoms with Gasteiger partial charge in [-0.3, -0.25) is 9.80 Å². The van der Waals surface area contributed by atoms with Crippen molar-refractivity contribution in [2.75, 3.05) is 45.9 Å². The lowest BCUT2D eigenvalue weighted by Crippen LogP contribution is -2.51. The summed E-state index contributed by atoms with van der Waals surface area (Å²) in [5, 5.41) is 5.48. The van der Waals surface area contributed by atoms with Crippen molar-refractivity contribution in [3.8, 4) is 0 Å². The topological polar surface area (TPSA) is 94.2 Å². The average Bonchev–Trinajstić information content (AvgIpc) is 3.09. The van der Waals surface area contributed by atoms with Crippen LogP contribution in [0.15, 0.2) is 35.5 Å². The zero-order chi connectivity index (χ0) is 28.0. The van der Waals surface area contributed by atoms with Crippen LogP contribution in [0.25, 0.3) is 0 Å². The third-order valence-electron chi connectivity index (χ3n) is 6.49. The number of carbonyl (C=O) groups excluding carboxylic acids is 3. The monoisotopic (exact) mass is 539 g/mol. The van der Waals surface area contributed by atoms with E-state index < -0.39 is 29.8 Å². The van der Waals surface area contributed by atoms with Crippen molar-refractivity contribution in [1.82, 2.24) is 25.3 Å². The molecule has 0 aliphatic carbocycles. The van der Waals surface area contributed by atoms with E-state index in [0.717, 1.165) is 6.07 Å². The van der Waals surface area contributed by atoms with Crippen molar-refractivity contribution in [3.63, 3.8) is 0 Å². The Morgan fingerprint density at radius 1 is 1.13 bits per heavy atom. The Hall–Kier alpha value is -3.28. The predicted octanol–water partition coefficient (Wildman–Crippen LogP) is 3.73. The Morgan fingerprint density at radius 2 is 1.84 bits per heavy atom. The molecule has 9 nitrogen and oxygen atoms in total. The summed E-state index contributed by atoms with van der Waals surface area (Å²) >= 11 is 0. The first kappa shape index (κ1) is 29.3. The van der Waals surface area contributed by atoms with Gasteiger partial charge in [0.2, 0.25) is 0 Å². The maximum Gasteiger partial charge on any atom is 0.416 e. The van der Waals surface area contributed by atoms with Crippen LogP contribution in [0.3, 0.4) is 0 Å². The highest BCUT2D eigenvalue weighted by Crippen LogP contribution is 2.39. The molecule has 0 saturated carbocycles. The quantitative estimate of drug-likeness (QED) is 0.515. The first-order chi connectivity index (χ1) is 18.0. The molecular formula is C26H36F3N5O4. The number of hydrogen-bond acceptors (Lipinski definition) is 5. The summed E-state index contributed by atoms with van der Waals surface area (Å²) in [7, 11) is 0. The normalized spacial score (nSPS) is 19.4. The fraction of sp³-hybridized carbons (Fsp3) is 0.577. The van der Waals surface area contributed by atoms with E-state index in [1.807, 2.05) is 18.7 Å². The second-order valence-electron chi connectivity index (χ2n) is 9.51. The number of esters is 1. The van der Waals surface area contributed by atoms with Gasteiger partial charge in [-0.15, -0.1) is 0 Å². The van der Waals surface area contributed by atoms with Crippen LogP contribution in [0.4, 0.5) is 22.8 Å². The predicted molar refractivity (Wildman–Crippen MR) is 135 cm³/mol. The summed E-state index contributed by atoms with van der Waals surface area (Å²) in [5.74, 6) is -0.782. The lowest BCUT2D eigenvalue weighted by atomic mass is 9.90. The smallest absolute Gasteiger partial charge is 0.416 e. The number of carbonyl (C=O) groups is 3. The van der Waals surface area contributed by atoms with Crippen molar-refractivity contribution < 1.29 is 32.3 Å². The fourth-order valence-corrected chi connectivity index (χ4v) is 4.78. The van der Waals surface area contributed by atoms with Crippen LogP contribution in [-0.2, 0) is 15.7 Å². The first-order valence-corrected chi connectivity index (χ1v) is 12.9. The molecule has 1 fully saturated rings. The van der Waals surface area contributed by atoms with Gasteiger partial charge in [0, 0.05) is 51.0 Å². The van der Waals surface area contributed by atoms with E-state index in [4.69, 9.17) is 4.74 Å². The highest BCUT2D eigenvalue weighted by atomic mass is 19.4. The number of halogens is 3. The molecule has 0 aromatic heterocycles. The van der Waals surface area contributed by atoms with E-state index in [-0.39, 0.29) is 42.9 Å². The summed E-state index contributed by atoms with van der Waals surface area (Å²) in [6.45, 7) is 9.48. The molecule has 0 spiro atoms. The van der Waals surface area contributed by atoms with Gasteiger partial charge in [-0.2, -0.15) is 13.2 Å². The van der Waals surface area contributed by atoms with Crippen molar-refractivity contribution >= 4 is 18.0 Å². The number of urea groups is 2. The van der Waals surface area contributed by atoms with Crippen LogP contribution >= 0.6 is 0 Å². The Kier molecular flexibility index (Phi) is 9.64. The largest absolute Gasteiger partial charge is 0.463 e. The maximum atomic E-state index is 13.9. The molecule has 2 aliphatic rings. The highest BCUT2D eigenvalue weighted by molar-refractivity contribution is 5.95. The van der Waals surface area contributed by atoms with E-state index in [1.165, 1.54) is 23.1 Å². The zero-order valence-electron chi connectivity index (χ0n) is 22.2. The van der Waals surface area contributed by atoms with Gasteiger partial charge in [0.25, 0.3) is 0 Å². The van der Waals surface area contributed by atoms with Crippen LogP contribution in [0, 0.1) is 0 Å². The number of hydrogen-bond donors (Lipinski definition) is 2. The molecule has 1 aromatic rings. The van der Waals surface area contributed by atoms with Gasteiger partial charge in [0.15, 0.2) is 0 Å². The third-order valence-corrected chi connectivity index (χ3v) is 6.49. The van der Waals surface area contributed by atoms with Gasteiger partial charge in [-0.05, 0) is 45.7 Å². The van der Waals surface area contributed by atoms with Gasteiger partial charge in [-0.1, -0.05) is 18.2 Å². The first-order valence-electron chi connectivity index (χ1n) is 12.9. The molecule has 12 heteroatoms. The minimum absolute atomic E-state index is 0.00507. The second kappa shape index (κ2) is 12.5. The summed E-state index contributed by atoms with van der Waals surface area (Å²) in [4.78, 5) is 44.0. The molecule has 4 amide bonds. The van der Waals surface area contributed by atoms with E-state index >= 15 is 0 Å². The minimum Gasteiger partial charge on any atom is -0.463 e. The van der Waals surface area contributed by atoms with E-state index in [0.29, 0.717) is 38.3 Å². The molecule has 210 valence electrons. The Bertz CT molecular complexity index is 1060. The maximum absolute atomic E-state index is 13.9. The molecule has 0 bridgehead atoms. The minimum atomic E-state index is -4.69. The number of amides is 4. The Balaban J connectivity index is 2.02. The van der Waals surface area contributed by atoms with E-state index in [2.05, 4.69) is 10.6 Å². The molecule has 2 heterocycles. The standard InChI is InChI=1S/C26H36F3N5O4/c1-5-34-20(16-32-12-9-13-33(15-14-32)24(36)30-17(3)4)21(23(35)38-6-2)22(31-25(34)37)18-10-7-8-11-19(18)26(27,28)29/h7-8,10-11,17,22H,5-6,9,12-16H2,1-4H3,(H,30,36)(H,31,37)/t22-/m1/s1. The van der Waals surface area contributed by atoms with Crippen molar-refractivity contribution in [1.29, 1.82) is 0 Å². The van der Waals surface area contributed by atoms with Crippen LogP contribution < -0.4 is 10.6 Å². The van der Waals surface area contributed by atoms with Gasteiger partial charge < -0.3 is 20.3 Å². The number of nitrogens with one attached hydrogen (secondary N) is 2. The molecule has 0 radical (unpaired) electrons. The van der Waals surface area contributed by atoms with Gasteiger partial charge >= 0.3 is 24.2 Å². The van der Waals surface area contributed by atoms with Gasteiger partial charge in [0.05, 0.1) is 23.8 Å². The fourth-order valence-electron chi connectivity index (χ4n) is 4.78. The Labute approximate surface area is 221 Å². The number of alkyl halides is 3.